The van der Waals surface area contributed by atoms with Crippen LogP contribution in [0, 0.1) is 6.92 Å². The molecule has 0 spiro atoms. The third-order valence-electron chi connectivity index (χ3n) is 4.70. The number of rotatable bonds is 7. The molecule has 5 nitrogen and oxygen atoms in total. The summed E-state index contributed by atoms with van der Waals surface area (Å²) in [5.41, 5.74) is 1.07. The first kappa shape index (κ1) is 21.9. The van der Waals surface area contributed by atoms with Crippen molar-refractivity contribution < 1.29 is 13.2 Å². The first-order valence-electron chi connectivity index (χ1n) is 9.56. The van der Waals surface area contributed by atoms with Crippen LogP contribution in [0.1, 0.15) is 37.4 Å². The number of thiazole rings is 1. The van der Waals surface area contributed by atoms with Gasteiger partial charge in [-0.1, -0.05) is 0 Å². The molecule has 0 aliphatic carbocycles. The number of piperazine rings is 1. The van der Waals surface area contributed by atoms with Gasteiger partial charge in [-0.25, -0.2) is 4.98 Å². The molecule has 1 aromatic rings. The lowest BCUT2D eigenvalue weighted by Gasteiger charge is -2.39. The van der Waals surface area contributed by atoms with Crippen LogP contribution in [-0.2, 0) is 6.42 Å². The van der Waals surface area contributed by atoms with Gasteiger partial charge in [0.05, 0.1) is 5.01 Å². The first-order valence-corrected chi connectivity index (χ1v) is 10.4. The molecule has 0 bridgehead atoms. The molecule has 1 N–H and O–H groups in total. The number of nitrogens with one attached hydrogen (secondary N) is 1. The van der Waals surface area contributed by atoms with Gasteiger partial charge in [-0.2, -0.15) is 13.2 Å². The Hall–Kier alpha value is -1.35. The van der Waals surface area contributed by atoms with E-state index in [4.69, 9.17) is 0 Å². The molecule has 2 rings (SSSR count). The highest BCUT2D eigenvalue weighted by molar-refractivity contribution is 7.09. The normalized spacial score (nSPS) is 18.0. The number of aryl methyl sites for hydroxylation is 2. The minimum absolute atomic E-state index is 0.397. The van der Waals surface area contributed by atoms with Gasteiger partial charge in [0.2, 0.25) is 0 Å². The van der Waals surface area contributed by atoms with Crippen molar-refractivity contribution in [2.45, 2.75) is 52.3 Å². The van der Waals surface area contributed by atoms with Crippen molar-refractivity contribution >= 4 is 17.3 Å². The monoisotopic (exact) mass is 405 g/mol. The van der Waals surface area contributed by atoms with E-state index in [2.05, 4.69) is 25.6 Å². The summed E-state index contributed by atoms with van der Waals surface area (Å²) >= 11 is 1.70. The van der Waals surface area contributed by atoms with Crippen molar-refractivity contribution in [1.29, 1.82) is 0 Å². The Bertz CT molecular complexity index is 594. The Kier molecular flexibility index (Phi) is 8.34. The fourth-order valence-corrected chi connectivity index (χ4v) is 3.86. The number of guanidine groups is 1. The summed E-state index contributed by atoms with van der Waals surface area (Å²) in [6.45, 7) is 8.61. The fraction of sp³-hybridized carbons (Fsp3) is 0.778. The van der Waals surface area contributed by atoms with Crippen molar-refractivity contribution in [2.24, 2.45) is 4.99 Å². The summed E-state index contributed by atoms with van der Waals surface area (Å²) in [6.07, 6.45) is -1.19. The topological polar surface area (TPSA) is 43.8 Å². The smallest absolute Gasteiger partial charge is 0.357 e. The maximum absolute atomic E-state index is 12.9. The van der Waals surface area contributed by atoms with Crippen LogP contribution in [0.2, 0.25) is 0 Å². The number of alkyl halides is 3. The SMILES string of the molecule is CCNC(=NCCCCc1nc(C)cs1)N1CCN(C(C)C(F)(F)F)CC1. The van der Waals surface area contributed by atoms with Gasteiger partial charge >= 0.3 is 6.18 Å². The molecule has 1 aromatic heterocycles. The number of nitrogens with zero attached hydrogens (tertiary/aromatic N) is 4. The molecule has 1 aliphatic heterocycles. The summed E-state index contributed by atoms with van der Waals surface area (Å²) in [7, 11) is 0. The summed E-state index contributed by atoms with van der Waals surface area (Å²) in [5.74, 6) is 0.807. The molecule has 1 fully saturated rings. The molecule has 0 amide bonds. The Morgan fingerprint density at radius 2 is 2.00 bits per heavy atom. The summed E-state index contributed by atoms with van der Waals surface area (Å²) in [4.78, 5) is 12.7. The zero-order chi connectivity index (χ0) is 19.9. The molecule has 9 heteroatoms. The summed E-state index contributed by atoms with van der Waals surface area (Å²) in [5, 5.41) is 6.49. The van der Waals surface area contributed by atoms with Gasteiger partial charge in [0.25, 0.3) is 0 Å². The van der Waals surface area contributed by atoms with Gasteiger partial charge in [0.1, 0.15) is 6.04 Å². The van der Waals surface area contributed by atoms with Crippen LogP contribution in [0.3, 0.4) is 0 Å². The maximum Gasteiger partial charge on any atom is 0.403 e. The first-order chi connectivity index (χ1) is 12.8. The molecule has 1 atom stereocenters. The molecule has 1 saturated heterocycles. The minimum atomic E-state index is -4.17. The van der Waals surface area contributed by atoms with E-state index in [1.54, 1.807) is 11.3 Å². The van der Waals surface area contributed by atoms with E-state index < -0.39 is 12.2 Å². The number of aromatic nitrogens is 1. The molecule has 1 aliphatic rings. The van der Waals surface area contributed by atoms with E-state index in [0.29, 0.717) is 32.7 Å². The zero-order valence-electron chi connectivity index (χ0n) is 16.3. The highest BCUT2D eigenvalue weighted by atomic mass is 32.1. The van der Waals surface area contributed by atoms with Gasteiger partial charge in [-0.3, -0.25) is 9.89 Å². The second-order valence-electron chi connectivity index (χ2n) is 6.82. The van der Waals surface area contributed by atoms with Crippen molar-refractivity contribution in [1.82, 2.24) is 20.1 Å². The predicted molar refractivity (Wildman–Crippen MR) is 104 cm³/mol. The third-order valence-corrected chi connectivity index (χ3v) is 5.72. The van der Waals surface area contributed by atoms with Gasteiger partial charge in [-0.15, -0.1) is 11.3 Å². The number of hydrogen-bond donors (Lipinski definition) is 1. The van der Waals surface area contributed by atoms with Gasteiger partial charge in [0, 0.05) is 50.3 Å². The second kappa shape index (κ2) is 10.3. The quantitative estimate of drug-likeness (QED) is 0.429. The van der Waals surface area contributed by atoms with Crippen LogP contribution < -0.4 is 5.32 Å². The average Bonchev–Trinajstić information content (AvgIpc) is 3.04. The molecule has 27 heavy (non-hydrogen) atoms. The summed E-state index contributed by atoms with van der Waals surface area (Å²) in [6, 6.07) is -1.39. The standard InChI is InChI=1S/C18H30F3N5S/c1-4-22-17(23-8-6-5-7-16-24-14(2)13-27-16)26-11-9-25(10-12-26)15(3)18(19,20)21/h13,15H,4-12H2,1-3H3,(H,22,23). The zero-order valence-corrected chi connectivity index (χ0v) is 17.2. The lowest BCUT2D eigenvalue weighted by Crippen LogP contribution is -2.56. The van der Waals surface area contributed by atoms with Crippen LogP contribution in [0.15, 0.2) is 10.4 Å². The predicted octanol–water partition coefficient (Wildman–Crippen LogP) is 3.31. The van der Waals surface area contributed by atoms with Crippen LogP contribution in [0.5, 0.6) is 0 Å². The molecule has 1 unspecified atom stereocenters. The largest absolute Gasteiger partial charge is 0.403 e. The number of hydrogen-bond acceptors (Lipinski definition) is 4. The molecule has 0 saturated carbocycles. The lowest BCUT2D eigenvalue weighted by molar-refractivity contribution is -0.181. The maximum atomic E-state index is 12.9. The number of halogens is 3. The summed E-state index contributed by atoms with van der Waals surface area (Å²) < 4.78 is 38.6. The van der Waals surface area contributed by atoms with E-state index in [1.165, 1.54) is 16.8 Å². The van der Waals surface area contributed by atoms with Crippen LogP contribution in [-0.4, -0.2) is 72.2 Å². The van der Waals surface area contributed by atoms with E-state index >= 15 is 0 Å². The molecular weight excluding hydrogens is 375 g/mol. The van der Waals surface area contributed by atoms with Gasteiger partial charge in [-0.05, 0) is 40.0 Å². The van der Waals surface area contributed by atoms with E-state index in [9.17, 15) is 13.2 Å². The van der Waals surface area contributed by atoms with E-state index in [1.807, 2.05) is 13.8 Å². The second-order valence-corrected chi connectivity index (χ2v) is 7.76. The third kappa shape index (κ3) is 6.95. The van der Waals surface area contributed by atoms with Crippen molar-refractivity contribution in [3.05, 3.63) is 16.1 Å². The highest BCUT2D eigenvalue weighted by Crippen LogP contribution is 2.25. The Balaban J connectivity index is 1.78. The van der Waals surface area contributed by atoms with Crippen LogP contribution in [0.4, 0.5) is 13.2 Å². The fourth-order valence-electron chi connectivity index (χ4n) is 3.04. The average molecular weight is 406 g/mol. The van der Waals surface area contributed by atoms with Gasteiger partial charge in [0.15, 0.2) is 5.96 Å². The Labute approximate surface area is 163 Å². The van der Waals surface area contributed by atoms with Crippen LogP contribution in [0.25, 0.3) is 0 Å². The minimum Gasteiger partial charge on any atom is -0.357 e. The van der Waals surface area contributed by atoms with Crippen molar-refractivity contribution in [3.63, 3.8) is 0 Å². The number of unbranched alkanes of at least 4 members (excludes halogenated alkanes) is 1. The van der Waals surface area contributed by atoms with E-state index in [-0.39, 0.29) is 0 Å². The molecule has 154 valence electrons. The van der Waals surface area contributed by atoms with Crippen LogP contribution >= 0.6 is 11.3 Å². The lowest BCUT2D eigenvalue weighted by atomic mass is 10.2. The van der Waals surface area contributed by atoms with Crippen molar-refractivity contribution in [2.75, 3.05) is 39.3 Å². The van der Waals surface area contributed by atoms with Gasteiger partial charge < -0.3 is 10.2 Å². The Morgan fingerprint density at radius 1 is 1.30 bits per heavy atom. The van der Waals surface area contributed by atoms with E-state index in [0.717, 1.165) is 37.5 Å². The van der Waals surface area contributed by atoms with Crippen molar-refractivity contribution in [3.8, 4) is 0 Å². The molecule has 2 heterocycles. The molecular formula is C18H30F3N5S. The number of aliphatic imine (C=N–C) groups is 1. The molecule has 0 radical (unpaired) electrons. The Morgan fingerprint density at radius 3 is 2.56 bits per heavy atom. The molecule has 0 aromatic carbocycles. The highest BCUT2D eigenvalue weighted by Gasteiger charge is 2.41.